The molecule has 0 saturated carbocycles. The third-order valence-corrected chi connectivity index (χ3v) is 5.82. The summed E-state index contributed by atoms with van der Waals surface area (Å²) in [4.78, 5) is 40.4. The SMILES string of the molecule is Cc1ccc(-c2csc3ncn(CCC(=O)Nc4cc([N+](=O)[O-])ccc4F)c(=O)c23)cc1. The average Bonchev–Trinajstić information content (AvgIpc) is 3.20. The van der Waals surface area contributed by atoms with E-state index in [2.05, 4.69) is 10.3 Å². The van der Waals surface area contributed by atoms with Crippen molar-refractivity contribution in [1.82, 2.24) is 9.55 Å². The van der Waals surface area contributed by atoms with Gasteiger partial charge in [0.2, 0.25) is 5.91 Å². The van der Waals surface area contributed by atoms with Gasteiger partial charge in [-0.3, -0.25) is 24.3 Å². The summed E-state index contributed by atoms with van der Waals surface area (Å²) in [7, 11) is 0. The molecular formula is C22H17FN4O4S. The maximum atomic E-state index is 13.9. The van der Waals surface area contributed by atoms with E-state index in [0.29, 0.717) is 10.2 Å². The van der Waals surface area contributed by atoms with Gasteiger partial charge in [-0.05, 0) is 18.6 Å². The quantitative estimate of drug-likeness (QED) is 0.342. The van der Waals surface area contributed by atoms with E-state index in [1.807, 2.05) is 36.6 Å². The molecule has 0 aliphatic rings. The molecule has 0 spiro atoms. The number of fused-ring (bicyclic) bond motifs is 1. The van der Waals surface area contributed by atoms with E-state index in [9.17, 15) is 24.1 Å². The predicted molar refractivity (Wildman–Crippen MR) is 120 cm³/mol. The van der Waals surface area contributed by atoms with Crippen molar-refractivity contribution < 1.29 is 14.1 Å². The number of hydrogen-bond donors (Lipinski definition) is 1. The van der Waals surface area contributed by atoms with E-state index in [1.165, 1.54) is 22.2 Å². The summed E-state index contributed by atoms with van der Waals surface area (Å²) in [6.45, 7) is 2.00. The summed E-state index contributed by atoms with van der Waals surface area (Å²) >= 11 is 1.37. The second-order valence-electron chi connectivity index (χ2n) is 7.16. The molecule has 0 saturated heterocycles. The number of aryl methyl sites for hydroxylation is 2. The van der Waals surface area contributed by atoms with Gasteiger partial charge in [0, 0.05) is 36.0 Å². The van der Waals surface area contributed by atoms with Gasteiger partial charge >= 0.3 is 0 Å². The van der Waals surface area contributed by atoms with Crippen molar-refractivity contribution in [2.24, 2.45) is 0 Å². The Balaban J connectivity index is 1.54. The van der Waals surface area contributed by atoms with Crippen molar-refractivity contribution in [1.29, 1.82) is 0 Å². The van der Waals surface area contributed by atoms with Gasteiger partial charge in [-0.2, -0.15) is 0 Å². The van der Waals surface area contributed by atoms with Crippen LogP contribution in [-0.2, 0) is 11.3 Å². The molecule has 0 radical (unpaired) electrons. The molecule has 0 aliphatic carbocycles. The van der Waals surface area contributed by atoms with Gasteiger partial charge in [0.15, 0.2) is 0 Å². The molecule has 2 heterocycles. The number of nitrogens with one attached hydrogen (secondary N) is 1. The monoisotopic (exact) mass is 452 g/mol. The molecule has 0 fully saturated rings. The molecular weight excluding hydrogens is 435 g/mol. The summed E-state index contributed by atoms with van der Waals surface area (Å²) in [5.74, 6) is -1.37. The minimum atomic E-state index is -0.787. The zero-order valence-corrected chi connectivity index (χ0v) is 17.7. The van der Waals surface area contributed by atoms with Gasteiger partial charge in [-0.25, -0.2) is 9.37 Å². The third kappa shape index (κ3) is 4.26. The van der Waals surface area contributed by atoms with Crippen molar-refractivity contribution in [3.63, 3.8) is 0 Å². The van der Waals surface area contributed by atoms with Gasteiger partial charge in [-0.1, -0.05) is 29.8 Å². The molecule has 4 aromatic rings. The summed E-state index contributed by atoms with van der Waals surface area (Å²) in [6.07, 6.45) is 1.24. The standard InChI is InChI=1S/C22H17FN4O4S/c1-13-2-4-14(5-3-13)16-11-32-21-20(16)22(29)26(12-24-21)9-8-19(28)25-18-10-15(27(30)31)6-7-17(18)23/h2-7,10-12H,8-9H2,1H3,(H,25,28). The molecule has 0 atom stereocenters. The smallest absolute Gasteiger partial charge is 0.271 e. The molecule has 1 N–H and O–H groups in total. The van der Waals surface area contributed by atoms with Crippen LogP contribution in [0, 0.1) is 22.9 Å². The van der Waals surface area contributed by atoms with Crippen LogP contribution in [0.1, 0.15) is 12.0 Å². The van der Waals surface area contributed by atoms with Crippen LogP contribution < -0.4 is 10.9 Å². The molecule has 0 unspecified atom stereocenters. The van der Waals surface area contributed by atoms with Crippen molar-refractivity contribution in [3.05, 3.63) is 86.0 Å². The van der Waals surface area contributed by atoms with E-state index >= 15 is 0 Å². The molecule has 32 heavy (non-hydrogen) atoms. The lowest BCUT2D eigenvalue weighted by atomic mass is 10.1. The van der Waals surface area contributed by atoms with Gasteiger partial charge in [0.1, 0.15) is 10.6 Å². The first kappa shape index (κ1) is 21.3. The summed E-state index contributed by atoms with van der Waals surface area (Å²) < 4.78 is 15.2. The normalized spacial score (nSPS) is 10.9. The molecule has 1 amide bonds. The Morgan fingerprint density at radius 1 is 1.25 bits per heavy atom. The molecule has 10 heteroatoms. The number of anilines is 1. The first-order valence-corrected chi connectivity index (χ1v) is 10.5. The average molecular weight is 452 g/mol. The van der Waals surface area contributed by atoms with Gasteiger partial charge in [0.05, 0.1) is 22.3 Å². The minimum Gasteiger partial charge on any atom is -0.323 e. The first-order valence-electron chi connectivity index (χ1n) is 9.61. The lowest BCUT2D eigenvalue weighted by Gasteiger charge is -2.08. The molecule has 0 aliphatic heterocycles. The van der Waals surface area contributed by atoms with Gasteiger partial charge < -0.3 is 5.32 Å². The second-order valence-corrected chi connectivity index (χ2v) is 8.02. The van der Waals surface area contributed by atoms with E-state index in [4.69, 9.17) is 0 Å². The molecule has 2 aromatic carbocycles. The number of nitro groups is 1. The van der Waals surface area contributed by atoms with Crippen LogP contribution in [-0.4, -0.2) is 20.4 Å². The van der Waals surface area contributed by atoms with E-state index in [-0.39, 0.29) is 29.9 Å². The number of amides is 1. The Labute approximate surface area is 185 Å². The fourth-order valence-corrected chi connectivity index (χ4v) is 4.14. The number of rotatable bonds is 6. The highest BCUT2D eigenvalue weighted by atomic mass is 32.1. The van der Waals surface area contributed by atoms with Crippen LogP contribution in [0.5, 0.6) is 0 Å². The van der Waals surface area contributed by atoms with Gasteiger partial charge in [-0.15, -0.1) is 11.3 Å². The Hall–Kier alpha value is -3.92. The summed E-state index contributed by atoms with van der Waals surface area (Å²) in [6, 6.07) is 10.7. The van der Waals surface area contributed by atoms with Crippen LogP contribution in [0.3, 0.4) is 0 Å². The fourth-order valence-electron chi connectivity index (χ4n) is 3.23. The lowest BCUT2D eigenvalue weighted by Crippen LogP contribution is -2.23. The highest BCUT2D eigenvalue weighted by molar-refractivity contribution is 7.17. The van der Waals surface area contributed by atoms with Crippen molar-refractivity contribution in [2.75, 3.05) is 5.32 Å². The molecule has 8 nitrogen and oxygen atoms in total. The molecule has 162 valence electrons. The van der Waals surface area contributed by atoms with Crippen LogP contribution in [0.2, 0.25) is 0 Å². The lowest BCUT2D eigenvalue weighted by molar-refractivity contribution is -0.384. The van der Waals surface area contributed by atoms with Gasteiger partial charge in [0.25, 0.3) is 11.2 Å². The van der Waals surface area contributed by atoms with Crippen LogP contribution in [0.25, 0.3) is 21.3 Å². The number of nitrogens with zero attached hydrogens (tertiary/aromatic N) is 3. The number of aromatic nitrogens is 2. The second kappa shape index (κ2) is 8.67. The fraction of sp³-hybridized carbons (Fsp3) is 0.136. The maximum absolute atomic E-state index is 13.9. The minimum absolute atomic E-state index is 0.0212. The largest absolute Gasteiger partial charge is 0.323 e. The Morgan fingerprint density at radius 3 is 2.72 bits per heavy atom. The highest BCUT2D eigenvalue weighted by Crippen LogP contribution is 2.30. The highest BCUT2D eigenvalue weighted by Gasteiger charge is 2.16. The van der Waals surface area contributed by atoms with Crippen LogP contribution in [0.15, 0.2) is 59.0 Å². The van der Waals surface area contributed by atoms with Crippen molar-refractivity contribution in [3.8, 4) is 11.1 Å². The molecule has 4 rings (SSSR count). The molecule has 2 aromatic heterocycles. The number of hydrogen-bond acceptors (Lipinski definition) is 6. The molecule has 0 bridgehead atoms. The van der Waals surface area contributed by atoms with E-state index in [1.54, 1.807) is 0 Å². The third-order valence-electron chi connectivity index (χ3n) is 4.94. The van der Waals surface area contributed by atoms with Crippen molar-refractivity contribution >= 4 is 38.8 Å². The predicted octanol–water partition coefficient (Wildman–Crippen LogP) is 4.51. The van der Waals surface area contributed by atoms with E-state index in [0.717, 1.165) is 34.9 Å². The number of halogens is 1. The summed E-state index contributed by atoms with van der Waals surface area (Å²) in [5.41, 5.74) is 1.88. The number of carbonyl (C=O) groups excluding carboxylic acids is 1. The zero-order chi connectivity index (χ0) is 22.8. The Bertz CT molecular complexity index is 1400. The van der Waals surface area contributed by atoms with E-state index < -0.39 is 16.6 Å². The van der Waals surface area contributed by atoms with Crippen molar-refractivity contribution in [2.45, 2.75) is 19.9 Å². The number of non-ortho nitro benzene ring substituents is 1. The Morgan fingerprint density at radius 2 is 2.00 bits per heavy atom. The number of benzene rings is 2. The maximum Gasteiger partial charge on any atom is 0.271 e. The first-order chi connectivity index (χ1) is 15.3. The summed E-state index contributed by atoms with van der Waals surface area (Å²) in [5, 5.41) is 15.5. The van der Waals surface area contributed by atoms with Crippen LogP contribution >= 0.6 is 11.3 Å². The number of carbonyl (C=O) groups is 1. The Kier molecular flexibility index (Phi) is 5.78. The number of thiophene rings is 1. The zero-order valence-electron chi connectivity index (χ0n) is 16.9. The number of nitro benzene ring substituents is 1. The van der Waals surface area contributed by atoms with Crippen LogP contribution in [0.4, 0.5) is 15.8 Å². The topological polar surface area (TPSA) is 107 Å².